The van der Waals surface area contributed by atoms with Crippen molar-refractivity contribution >= 4 is 57.6 Å². The van der Waals surface area contributed by atoms with Gasteiger partial charge in [0.1, 0.15) is 53.6 Å². The van der Waals surface area contributed by atoms with E-state index >= 15 is 0 Å². The smallest absolute Gasteiger partial charge is 0.415 e. The minimum absolute atomic E-state index is 0.0597. The maximum atomic E-state index is 13.7. The molecule has 1 aliphatic rings. The van der Waals surface area contributed by atoms with Crippen molar-refractivity contribution in [3.8, 4) is 5.75 Å². The summed E-state index contributed by atoms with van der Waals surface area (Å²) in [4.78, 5) is 107. The highest BCUT2D eigenvalue weighted by Crippen LogP contribution is 2.31. The molecule has 6 aromatic rings. The highest BCUT2D eigenvalue weighted by atomic mass is 16.6. The van der Waals surface area contributed by atoms with Crippen LogP contribution in [0.15, 0.2) is 103 Å². The molecule has 7 rings (SSSR count). The maximum absolute atomic E-state index is 13.7. The number of methoxy groups -OCH3 is 1. The molecule has 0 atom stereocenters. The number of benzene rings is 3. The Kier molecular flexibility index (Phi) is 12.8. The molecule has 3 aromatic heterocycles. The first-order chi connectivity index (χ1) is 31.1. The Balaban J connectivity index is 1.06. The van der Waals surface area contributed by atoms with Gasteiger partial charge in [0.05, 0.1) is 12.7 Å². The van der Waals surface area contributed by atoms with Gasteiger partial charge in [0.15, 0.2) is 5.76 Å². The number of ether oxygens (including phenoxy) is 5. The average Bonchev–Trinajstić information content (AvgIpc) is 3.55. The van der Waals surface area contributed by atoms with Crippen LogP contribution in [-0.2, 0) is 45.8 Å². The van der Waals surface area contributed by atoms with E-state index in [1.165, 1.54) is 38.2 Å². The summed E-state index contributed by atoms with van der Waals surface area (Å²) in [6, 6.07) is 19.0. The Bertz CT molecular complexity index is 2970. The van der Waals surface area contributed by atoms with Gasteiger partial charge < -0.3 is 46.9 Å². The molecule has 0 N–H and O–H groups in total. The van der Waals surface area contributed by atoms with Crippen molar-refractivity contribution in [2.45, 2.75) is 33.7 Å². The van der Waals surface area contributed by atoms with Gasteiger partial charge >= 0.3 is 35.4 Å². The SMILES string of the molecule is COC1=CC(=O)c2c(c(COC(=O)N(C)CCN(C)C(=O)Oc3c(COC(=O)c4cc5ccccc5oc4=O)cc(C)cc3COC(=O)c3cc4ccccc4oc3=O)c(C)n2C)C1=O. The second-order valence-electron chi connectivity index (χ2n) is 15.1. The molecule has 3 aromatic carbocycles. The van der Waals surface area contributed by atoms with Gasteiger partial charge in [-0.2, -0.15) is 0 Å². The monoisotopic (exact) mass is 887 g/mol. The first-order valence-corrected chi connectivity index (χ1v) is 19.9. The number of ketones is 2. The number of rotatable bonds is 13. The van der Waals surface area contributed by atoms with Crippen molar-refractivity contribution in [1.82, 2.24) is 14.4 Å². The summed E-state index contributed by atoms with van der Waals surface area (Å²) >= 11 is 0. The van der Waals surface area contributed by atoms with Crippen LogP contribution in [0.25, 0.3) is 21.9 Å². The van der Waals surface area contributed by atoms with Gasteiger partial charge in [-0.05, 0) is 50.2 Å². The standard InChI is InChI=1S/C47H41N3O15/c1-25-17-29(22-60-42(53)31-19-27-11-7-9-13-35(27)63-44(31)55)41(30(18-25)23-61-43(54)32-20-28-12-8-10-14-36(28)64-45(32)56)65-47(58)49(4)16-15-48(3)46(57)62-24-33-26(2)50(5)39-34(51)21-37(59-6)40(52)38(33)39/h7-14,17-21H,15-16,22-24H2,1-6H3. The number of nitrogens with zero attached hydrogens (tertiary/aromatic N) is 3. The summed E-state index contributed by atoms with van der Waals surface area (Å²) < 4.78 is 39.7. The topological polar surface area (TPSA) is 220 Å². The maximum Gasteiger partial charge on any atom is 0.415 e. The molecule has 0 unspecified atom stereocenters. The van der Waals surface area contributed by atoms with Crippen molar-refractivity contribution < 1.29 is 61.3 Å². The second-order valence-corrected chi connectivity index (χ2v) is 15.1. The molecule has 3 heterocycles. The van der Waals surface area contributed by atoms with Crippen LogP contribution in [0.4, 0.5) is 9.59 Å². The summed E-state index contributed by atoms with van der Waals surface area (Å²) in [5.74, 6) is -3.28. The van der Waals surface area contributed by atoms with Crippen molar-refractivity contribution in [1.29, 1.82) is 0 Å². The van der Waals surface area contributed by atoms with E-state index < -0.39 is 60.2 Å². The summed E-state index contributed by atoms with van der Waals surface area (Å²) in [5, 5.41) is 0.960. The van der Waals surface area contributed by atoms with Crippen LogP contribution in [0, 0.1) is 13.8 Å². The zero-order valence-corrected chi connectivity index (χ0v) is 36.0. The quantitative estimate of drug-likeness (QED) is 0.0718. The third-order valence-corrected chi connectivity index (χ3v) is 10.7. The van der Waals surface area contributed by atoms with Crippen LogP contribution in [-0.4, -0.2) is 84.4 Å². The lowest BCUT2D eigenvalue weighted by atomic mass is 9.96. The normalized spacial score (nSPS) is 12.1. The number of likely N-dealkylation sites (N-methyl/N-ethyl adjacent to an activating group) is 2. The van der Waals surface area contributed by atoms with E-state index in [1.807, 2.05) is 0 Å². The van der Waals surface area contributed by atoms with Crippen LogP contribution in [0.2, 0.25) is 0 Å². The lowest BCUT2D eigenvalue weighted by molar-refractivity contribution is 0.0463. The number of carbonyl (C=O) groups excluding carboxylic acids is 6. The van der Waals surface area contributed by atoms with Gasteiger partial charge in [-0.1, -0.05) is 42.0 Å². The Morgan fingerprint density at radius 2 is 1.18 bits per heavy atom. The number of fused-ring (bicyclic) bond motifs is 3. The molecule has 0 saturated heterocycles. The Morgan fingerprint density at radius 3 is 1.71 bits per heavy atom. The van der Waals surface area contributed by atoms with E-state index in [0.29, 0.717) is 27.6 Å². The number of carbonyl (C=O) groups is 6. The molecule has 0 fully saturated rings. The lowest BCUT2D eigenvalue weighted by Gasteiger charge is -2.23. The highest BCUT2D eigenvalue weighted by Gasteiger charge is 2.35. The molecule has 1 aliphatic carbocycles. The summed E-state index contributed by atoms with van der Waals surface area (Å²) in [6.45, 7) is 1.86. The Morgan fingerprint density at radius 1 is 0.677 bits per heavy atom. The van der Waals surface area contributed by atoms with E-state index in [4.69, 9.17) is 32.5 Å². The summed E-state index contributed by atoms with van der Waals surface area (Å²) in [7, 11) is 5.73. The fourth-order valence-corrected chi connectivity index (χ4v) is 7.12. The molecule has 18 nitrogen and oxygen atoms in total. The number of Topliss-reactive ketones (excluding diaryl/α,β-unsaturated/α-hetero) is 1. The van der Waals surface area contributed by atoms with E-state index in [1.54, 1.807) is 86.1 Å². The molecule has 0 aliphatic heterocycles. The van der Waals surface area contributed by atoms with Gasteiger partial charge in [-0.25, -0.2) is 28.8 Å². The zero-order chi connectivity index (χ0) is 46.7. The van der Waals surface area contributed by atoms with Gasteiger partial charge in [-0.3, -0.25) is 9.59 Å². The molecular formula is C47H41N3O15. The number of hydrogen-bond donors (Lipinski definition) is 0. The van der Waals surface area contributed by atoms with Crippen LogP contribution in [0.1, 0.15) is 69.5 Å². The Hall–Kier alpha value is -8.28. The van der Waals surface area contributed by atoms with E-state index in [0.717, 1.165) is 11.0 Å². The largest absolute Gasteiger partial charge is 0.492 e. The molecule has 0 radical (unpaired) electrons. The summed E-state index contributed by atoms with van der Waals surface area (Å²) in [6.07, 6.45) is -0.617. The molecular weight excluding hydrogens is 847 g/mol. The van der Waals surface area contributed by atoms with Crippen molar-refractivity contribution in [3.05, 3.63) is 156 Å². The van der Waals surface area contributed by atoms with E-state index in [2.05, 4.69) is 0 Å². The molecule has 0 saturated carbocycles. The number of aromatic nitrogens is 1. The highest BCUT2D eigenvalue weighted by molar-refractivity contribution is 6.24. The van der Waals surface area contributed by atoms with E-state index in [-0.39, 0.29) is 75.9 Å². The molecule has 65 heavy (non-hydrogen) atoms. The van der Waals surface area contributed by atoms with Crippen molar-refractivity contribution in [3.63, 3.8) is 0 Å². The van der Waals surface area contributed by atoms with Crippen LogP contribution >= 0.6 is 0 Å². The molecule has 2 amide bonds. The van der Waals surface area contributed by atoms with Crippen LogP contribution in [0.5, 0.6) is 5.75 Å². The number of hydrogen-bond acceptors (Lipinski definition) is 15. The molecule has 334 valence electrons. The first-order valence-electron chi connectivity index (χ1n) is 19.9. The minimum Gasteiger partial charge on any atom is -0.492 e. The lowest BCUT2D eigenvalue weighted by Crippen LogP contribution is -2.39. The number of amides is 2. The number of allylic oxidation sites excluding steroid dienone is 2. The van der Waals surface area contributed by atoms with Crippen molar-refractivity contribution in [2.75, 3.05) is 34.3 Å². The fourth-order valence-electron chi connectivity index (χ4n) is 7.12. The zero-order valence-electron chi connectivity index (χ0n) is 36.0. The van der Waals surface area contributed by atoms with Gasteiger partial charge in [-0.15, -0.1) is 0 Å². The molecule has 0 bridgehead atoms. The fraction of sp³-hybridized carbons (Fsp3) is 0.234. The van der Waals surface area contributed by atoms with Gasteiger partial charge in [0.2, 0.25) is 11.6 Å². The van der Waals surface area contributed by atoms with Crippen molar-refractivity contribution in [2.24, 2.45) is 7.05 Å². The third-order valence-electron chi connectivity index (χ3n) is 10.7. The third kappa shape index (κ3) is 9.27. The predicted molar refractivity (Wildman–Crippen MR) is 230 cm³/mol. The number of aryl methyl sites for hydroxylation is 1. The number of esters is 2. The van der Waals surface area contributed by atoms with Crippen LogP contribution in [0.3, 0.4) is 0 Å². The second kappa shape index (κ2) is 18.6. The number of para-hydroxylation sites is 2. The van der Waals surface area contributed by atoms with E-state index in [9.17, 15) is 38.4 Å². The average molecular weight is 888 g/mol. The molecule has 18 heteroatoms. The van der Waals surface area contributed by atoms with Gasteiger partial charge in [0.25, 0.3) is 0 Å². The predicted octanol–water partition coefficient (Wildman–Crippen LogP) is 6.18. The van der Waals surface area contributed by atoms with Crippen LogP contribution < -0.4 is 16.0 Å². The molecule has 0 spiro atoms. The first kappa shape index (κ1) is 44.8. The Labute approximate surface area is 369 Å². The summed E-state index contributed by atoms with van der Waals surface area (Å²) in [5.41, 5.74) is -0.0753. The van der Waals surface area contributed by atoms with Gasteiger partial charge in [0, 0.05) is 73.5 Å². The minimum atomic E-state index is -1.02.